The molecule has 0 aliphatic carbocycles. The highest BCUT2D eigenvalue weighted by Crippen LogP contribution is 2.29. The lowest BCUT2D eigenvalue weighted by Gasteiger charge is -2.29. The van der Waals surface area contributed by atoms with Gasteiger partial charge in [-0.2, -0.15) is 0 Å². The number of fused-ring (bicyclic) bond motifs is 1. The Hall–Kier alpha value is -3.82. The number of imide groups is 2. The highest BCUT2D eigenvalue weighted by Gasteiger charge is 2.40. The number of nitrogens with zero attached hydrogens (tertiary/aromatic N) is 2. The molecule has 0 spiro atoms. The van der Waals surface area contributed by atoms with Gasteiger partial charge in [0.15, 0.2) is 0 Å². The second-order valence-electron chi connectivity index (χ2n) is 7.23. The molecule has 0 bridgehead atoms. The van der Waals surface area contributed by atoms with E-state index in [9.17, 15) is 24.0 Å². The maximum Gasteiger partial charge on any atom is 0.258 e. The average molecular weight is 410 g/mol. The number of hydrogen-bond acceptors (Lipinski definition) is 7. The number of rotatable bonds is 4. The molecule has 4 rings (SSSR count). The van der Waals surface area contributed by atoms with Gasteiger partial charge in [-0.1, -0.05) is 17.3 Å². The van der Waals surface area contributed by atoms with Gasteiger partial charge in [0.2, 0.25) is 17.7 Å². The lowest BCUT2D eigenvalue weighted by molar-refractivity contribution is -0.137. The van der Waals surface area contributed by atoms with Gasteiger partial charge in [-0.3, -0.25) is 34.6 Å². The van der Waals surface area contributed by atoms with Crippen LogP contribution in [0.5, 0.6) is 0 Å². The minimum Gasteiger partial charge on any atom is -0.361 e. The standard InChI is InChI=1S/C20H18N4O6/c1-10-7-12(30-23-10)8-16(26)22-18(27)13-4-2-3-11-9-24(20(29)17(11)13)14-5-6-15(25)21-19(14)28/h2-4,7,14H,5-6,8-9H2,1H3,(H,21,25,28)(H,22,26,27). The average Bonchev–Trinajstić information content (AvgIpc) is 3.24. The van der Waals surface area contributed by atoms with Crippen molar-refractivity contribution in [2.45, 2.75) is 38.8 Å². The summed E-state index contributed by atoms with van der Waals surface area (Å²) in [6, 6.07) is 5.56. The zero-order valence-electron chi connectivity index (χ0n) is 16.1. The normalized spacial score (nSPS) is 18.2. The third-order valence-corrected chi connectivity index (χ3v) is 5.06. The summed E-state index contributed by atoms with van der Waals surface area (Å²) in [5.41, 5.74) is 1.40. The van der Waals surface area contributed by atoms with E-state index in [2.05, 4.69) is 15.8 Å². The molecule has 3 heterocycles. The fourth-order valence-electron chi connectivity index (χ4n) is 3.70. The topological polar surface area (TPSA) is 139 Å². The number of piperidine rings is 1. The molecular formula is C20H18N4O6. The SMILES string of the molecule is Cc1cc(CC(=O)NC(=O)c2cccc3c2C(=O)N(C2CCC(=O)NC2=O)C3)on1. The molecule has 0 saturated carbocycles. The molecule has 2 N–H and O–H groups in total. The van der Waals surface area contributed by atoms with Crippen LogP contribution in [0, 0.1) is 6.92 Å². The Kier molecular flexibility index (Phi) is 4.90. The second-order valence-corrected chi connectivity index (χ2v) is 7.23. The Bertz CT molecular complexity index is 1090. The van der Waals surface area contributed by atoms with Crippen LogP contribution in [-0.2, 0) is 27.3 Å². The molecule has 5 amide bonds. The summed E-state index contributed by atoms with van der Waals surface area (Å²) < 4.78 is 4.97. The maximum absolute atomic E-state index is 13.0. The van der Waals surface area contributed by atoms with Crippen molar-refractivity contribution in [3.63, 3.8) is 0 Å². The van der Waals surface area contributed by atoms with E-state index >= 15 is 0 Å². The van der Waals surface area contributed by atoms with Gasteiger partial charge in [-0.05, 0) is 25.0 Å². The summed E-state index contributed by atoms with van der Waals surface area (Å²) in [6.07, 6.45) is 0.193. The van der Waals surface area contributed by atoms with Gasteiger partial charge in [-0.15, -0.1) is 0 Å². The molecule has 1 aromatic heterocycles. The van der Waals surface area contributed by atoms with Gasteiger partial charge in [0, 0.05) is 19.0 Å². The number of carbonyl (C=O) groups is 5. The maximum atomic E-state index is 13.0. The van der Waals surface area contributed by atoms with Crippen molar-refractivity contribution in [3.05, 3.63) is 52.4 Å². The van der Waals surface area contributed by atoms with Crippen LogP contribution in [0.25, 0.3) is 0 Å². The minimum atomic E-state index is -0.783. The first-order chi connectivity index (χ1) is 14.3. The zero-order chi connectivity index (χ0) is 21.4. The Labute approximate surface area is 170 Å². The number of benzene rings is 1. The number of nitrogens with one attached hydrogen (secondary N) is 2. The van der Waals surface area contributed by atoms with Crippen LogP contribution in [0.3, 0.4) is 0 Å². The Balaban J connectivity index is 1.51. The number of hydrogen-bond donors (Lipinski definition) is 2. The van der Waals surface area contributed by atoms with E-state index in [-0.39, 0.29) is 42.8 Å². The summed E-state index contributed by atoms with van der Waals surface area (Å²) >= 11 is 0. The summed E-state index contributed by atoms with van der Waals surface area (Å²) in [6.45, 7) is 1.86. The van der Waals surface area contributed by atoms with Crippen LogP contribution < -0.4 is 10.6 Å². The van der Waals surface area contributed by atoms with Crippen LogP contribution in [0.2, 0.25) is 0 Å². The van der Waals surface area contributed by atoms with E-state index in [1.54, 1.807) is 25.1 Å². The molecule has 10 nitrogen and oxygen atoms in total. The van der Waals surface area contributed by atoms with E-state index in [1.165, 1.54) is 11.0 Å². The highest BCUT2D eigenvalue weighted by atomic mass is 16.5. The molecule has 0 radical (unpaired) electrons. The van der Waals surface area contributed by atoms with Crippen molar-refractivity contribution in [3.8, 4) is 0 Å². The molecule has 2 aromatic rings. The van der Waals surface area contributed by atoms with Crippen LogP contribution >= 0.6 is 0 Å². The van der Waals surface area contributed by atoms with Crippen molar-refractivity contribution in [1.82, 2.24) is 20.7 Å². The van der Waals surface area contributed by atoms with E-state index < -0.39 is 29.7 Å². The van der Waals surface area contributed by atoms with E-state index in [0.29, 0.717) is 17.0 Å². The summed E-state index contributed by atoms with van der Waals surface area (Å²) in [5, 5.41) is 8.17. The Morgan fingerprint density at radius 1 is 1.30 bits per heavy atom. The first kappa shape index (κ1) is 19.5. The second kappa shape index (κ2) is 7.54. The molecule has 2 aliphatic rings. The fraction of sp³-hybridized carbons (Fsp3) is 0.300. The highest BCUT2D eigenvalue weighted by molar-refractivity contribution is 6.14. The third kappa shape index (κ3) is 3.59. The van der Waals surface area contributed by atoms with Gasteiger partial charge in [0.25, 0.3) is 11.8 Å². The fourth-order valence-corrected chi connectivity index (χ4v) is 3.70. The monoisotopic (exact) mass is 410 g/mol. The van der Waals surface area contributed by atoms with Crippen molar-refractivity contribution >= 4 is 29.5 Å². The Morgan fingerprint density at radius 2 is 2.10 bits per heavy atom. The molecule has 1 atom stereocenters. The largest absolute Gasteiger partial charge is 0.361 e. The lowest BCUT2D eigenvalue weighted by Crippen LogP contribution is -2.52. The molecule has 1 unspecified atom stereocenters. The van der Waals surface area contributed by atoms with Gasteiger partial charge >= 0.3 is 0 Å². The molecule has 154 valence electrons. The zero-order valence-corrected chi connectivity index (χ0v) is 16.1. The molecule has 10 heteroatoms. The van der Waals surface area contributed by atoms with E-state index in [0.717, 1.165) is 0 Å². The molecule has 1 saturated heterocycles. The number of carbonyl (C=O) groups excluding carboxylic acids is 5. The Morgan fingerprint density at radius 3 is 2.80 bits per heavy atom. The first-order valence-corrected chi connectivity index (χ1v) is 9.36. The van der Waals surface area contributed by atoms with Crippen LogP contribution in [0.1, 0.15) is 50.6 Å². The van der Waals surface area contributed by atoms with Crippen molar-refractivity contribution in [2.24, 2.45) is 0 Å². The summed E-state index contributed by atoms with van der Waals surface area (Å²) in [7, 11) is 0. The number of aryl methyl sites for hydroxylation is 1. The molecule has 1 aromatic carbocycles. The van der Waals surface area contributed by atoms with Crippen LogP contribution in [0.15, 0.2) is 28.8 Å². The predicted molar refractivity (Wildman–Crippen MR) is 99.9 cm³/mol. The first-order valence-electron chi connectivity index (χ1n) is 9.36. The summed E-state index contributed by atoms with van der Waals surface area (Å²) in [4.78, 5) is 62.7. The van der Waals surface area contributed by atoms with Crippen LogP contribution in [0.4, 0.5) is 0 Å². The van der Waals surface area contributed by atoms with Crippen LogP contribution in [-0.4, -0.2) is 45.6 Å². The van der Waals surface area contributed by atoms with Crippen molar-refractivity contribution in [1.29, 1.82) is 0 Å². The smallest absolute Gasteiger partial charge is 0.258 e. The van der Waals surface area contributed by atoms with E-state index in [4.69, 9.17) is 4.52 Å². The number of amides is 5. The molecule has 30 heavy (non-hydrogen) atoms. The van der Waals surface area contributed by atoms with E-state index in [1.807, 2.05) is 0 Å². The van der Waals surface area contributed by atoms with Gasteiger partial charge in [0.1, 0.15) is 11.8 Å². The predicted octanol–water partition coefficient (Wildman–Crippen LogP) is 0.243. The minimum absolute atomic E-state index is 0.0504. The lowest BCUT2D eigenvalue weighted by atomic mass is 10.0. The third-order valence-electron chi connectivity index (χ3n) is 5.06. The molecule has 1 fully saturated rings. The molecule has 2 aliphatic heterocycles. The summed E-state index contributed by atoms with van der Waals surface area (Å²) in [5.74, 6) is -2.38. The quantitative estimate of drug-likeness (QED) is 0.689. The van der Waals surface area contributed by atoms with Gasteiger partial charge in [-0.25, -0.2) is 0 Å². The molecular weight excluding hydrogens is 392 g/mol. The van der Waals surface area contributed by atoms with Gasteiger partial charge < -0.3 is 9.42 Å². The number of aromatic nitrogens is 1. The van der Waals surface area contributed by atoms with Crippen molar-refractivity contribution < 1.29 is 28.5 Å². The van der Waals surface area contributed by atoms with Gasteiger partial charge in [0.05, 0.1) is 23.2 Å². The van der Waals surface area contributed by atoms with Crippen molar-refractivity contribution in [2.75, 3.05) is 0 Å².